The lowest BCUT2D eigenvalue weighted by Gasteiger charge is -2.29. The van der Waals surface area contributed by atoms with Gasteiger partial charge in [-0.2, -0.15) is 0 Å². The highest BCUT2D eigenvalue weighted by Gasteiger charge is 2.21. The first-order chi connectivity index (χ1) is 11.4. The Morgan fingerprint density at radius 2 is 1.39 bits per heavy atom. The minimum Gasteiger partial charge on any atom is -0.0654 e. The molecule has 0 N–H and O–H groups in total. The Hall–Kier alpha value is -1.56. The van der Waals surface area contributed by atoms with Crippen LogP contribution in [0, 0.1) is 5.92 Å². The summed E-state index contributed by atoms with van der Waals surface area (Å²) in [4.78, 5) is 0. The van der Waals surface area contributed by atoms with E-state index in [2.05, 4.69) is 61.5 Å². The molecule has 1 aliphatic rings. The number of rotatable bonds is 6. The van der Waals surface area contributed by atoms with Crippen LogP contribution in [-0.4, -0.2) is 0 Å². The molecule has 0 heteroatoms. The van der Waals surface area contributed by atoms with Crippen LogP contribution in [0.1, 0.15) is 69.8 Å². The Morgan fingerprint density at radius 3 is 2.04 bits per heavy atom. The molecule has 0 spiro atoms. The Bertz CT molecular complexity index is 559. The van der Waals surface area contributed by atoms with E-state index >= 15 is 0 Å². The lowest BCUT2D eigenvalue weighted by molar-refractivity contribution is 0.303. The Kier molecular flexibility index (Phi) is 5.91. The van der Waals surface area contributed by atoms with Crippen LogP contribution in [0.15, 0.2) is 54.6 Å². The fraction of sp³-hybridized carbons (Fsp3) is 0.478. The second-order valence-corrected chi connectivity index (χ2v) is 7.20. The first-order valence-corrected chi connectivity index (χ1v) is 9.52. The fourth-order valence-corrected chi connectivity index (χ4v) is 4.05. The third kappa shape index (κ3) is 4.47. The quantitative estimate of drug-likeness (QED) is 0.495. The SMILES string of the molecule is CCCCC[C@H]1CC[C@H](c2ccc(-c3ccccc3)cc2)CC1. The molecule has 2 aromatic carbocycles. The molecule has 1 aliphatic carbocycles. The summed E-state index contributed by atoms with van der Waals surface area (Å²) in [5, 5.41) is 0. The molecule has 0 aliphatic heterocycles. The molecular weight excluding hydrogens is 276 g/mol. The van der Waals surface area contributed by atoms with Gasteiger partial charge in [-0.05, 0) is 54.2 Å². The maximum atomic E-state index is 2.37. The van der Waals surface area contributed by atoms with Gasteiger partial charge in [-0.15, -0.1) is 0 Å². The van der Waals surface area contributed by atoms with Gasteiger partial charge >= 0.3 is 0 Å². The maximum absolute atomic E-state index is 2.37. The van der Waals surface area contributed by atoms with Gasteiger partial charge < -0.3 is 0 Å². The van der Waals surface area contributed by atoms with Crippen molar-refractivity contribution in [1.82, 2.24) is 0 Å². The van der Waals surface area contributed by atoms with Crippen molar-refractivity contribution in [2.45, 2.75) is 64.2 Å². The summed E-state index contributed by atoms with van der Waals surface area (Å²) >= 11 is 0. The van der Waals surface area contributed by atoms with Crippen LogP contribution in [0.3, 0.4) is 0 Å². The van der Waals surface area contributed by atoms with Gasteiger partial charge in [-0.3, -0.25) is 0 Å². The zero-order valence-corrected chi connectivity index (χ0v) is 14.5. The van der Waals surface area contributed by atoms with Gasteiger partial charge in [0, 0.05) is 0 Å². The third-order valence-electron chi connectivity index (χ3n) is 5.55. The molecule has 3 rings (SSSR count). The largest absolute Gasteiger partial charge is 0.0654 e. The van der Waals surface area contributed by atoms with Crippen LogP contribution in [0.4, 0.5) is 0 Å². The van der Waals surface area contributed by atoms with Gasteiger partial charge in [0.1, 0.15) is 0 Å². The molecule has 0 saturated heterocycles. The Balaban J connectivity index is 1.55. The summed E-state index contributed by atoms with van der Waals surface area (Å²) in [6.07, 6.45) is 11.3. The summed E-state index contributed by atoms with van der Waals surface area (Å²) in [5.74, 6) is 1.80. The maximum Gasteiger partial charge on any atom is -0.0162 e. The van der Waals surface area contributed by atoms with Crippen LogP contribution in [-0.2, 0) is 0 Å². The lowest BCUT2D eigenvalue weighted by Crippen LogP contribution is -2.13. The molecule has 0 radical (unpaired) electrons. The average molecular weight is 306 g/mol. The topological polar surface area (TPSA) is 0 Å². The van der Waals surface area contributed by atoms with Crippen molar-refractivity contribution < 1.29 is 0 Å². The fourth-order valence-electron chi connectivity index (χ4n) is 4.05. The zero-order chi connectivity index (χ0) is 15.9. The molecule has 0 atom stereocenters. The highest BCUT2D eigenvalue weighted by Crippen LogP contribution is 2.38. The van der Waals surface area contributed by atoms with Crippen molar-refractivity contribution in [2.24, 2.45) is 5.92 Å². The van der Waals surface area contributed by atoms with Crippen molar-refractivity contribution in [1.29, 1.82) is 0 Å². The molecule has 122 valence electrons. The number of benzene rings is 2. The first-order valence-electron chi connectivity index (χ1n) is 9.52. The van der Waals surface area contributed by atoms with Crippen LogP contribution >= 0.6 is 0 Å². The summed E-state index contributed by atoms with van der Waals surface area (Å²) in [5.41, 5.74) is 4.21. The smallest absolute Gasteiger partial charge is 0.0162 e. The second-order valence-electron chi connectivity index (χ2n) is 7.20. The highest BCUT2D eigenvalue weighted by molar-refractivity contribution is 5.63. The monoisotopic (exact) mass is 306 g/mol. The standard InChI is InChI=1S/C23H30/c1-2-3-5-8-19-11-13-21(14-12-19)23-17-15-22(16-18-23)20-9-6-4-7-10-20/h4,6-7,9-10,15-19,21H,2-3,5,8,11-14H2,1H3/t19-,21-. The predicted octanol–water partition coefficient (Wildman–Crippen LogP) is 7.21. The lowest BCUT2D eigenvalue weighted by atomic mass is 9.77. The number of hydrogen-bond acceptors (Lipinski definition) is 0. The van der Waals surface area contributed by atoms with Crippen LogP contribution in [0.2, 0.25) is 0 Å². The van der Waals surface area contributed by atoms with Crippen molar-refractivity contribution in [3.63, 3.8) is 0 Å². The van der Waals surface area contributed by atoms with E-state index in [9.17, 15) is 0 Å². The van der Waals surface area contributed by atoms with E-state index in [1.54, 1.807) is 5.56 Å². The summed E-state index contributed by atoms with van der Waals surface area (Å²) in [6.45, 7) is 2.30. The van der Waals surface area contributed by atoms with E-state index in [1.807, 2.05) is 0 Å². The van der Waals surface area contributed by atoms with Crippen molar-refractivity contribution in [3.05, 3.63) is 60.2 Å². The molecule has 0 nitrogen and oxygen atoms in total. The first kappa shape index (κ1) is 16.3. The number of hydrogen-bond donors (Lipinski definition) is 0. The van der Waals surface area contributed by atoms with Crippen molar-refractivity contribution in [3.8, 4) is 11.1 Å². The molecule has 0 heterocycles. The highest BCUT2D eigenvalue weighted by atomic mass is 14.3. The number of unbranched alkanes of at least 4 members (excludes halogenated alkanes) is 2. The molecule has 0 aromatic heterocycles. The van der Waals surface area contributed by atoms with Gasteiger partial charge in [0.05, 0.1) is 0 Å². The second kappa shape index (κ2) is 8.34. The van der Waals surface area contributed by atoms with Gasteiger partial charge in [0.25, 0.3) is 0 Å². The van der Waals surface area contributed by atoms with E-state index in [-0.39, 0.29) is 0 Å². The molecule has 1 saturated carbocycles. The van der Waals surface area contributed by atoms with Gasteiger partial charge in [-0.25, -0.2) is 0 Å². The van der Waals surface area contributed by atoms with Crippen molar-refractivity contribution in [2.75, 3.05) is 0 Å². The predicted molar refractivity (Wildman–Crippen MR) is 101 cm³/mol. The molecule has 0 bridgehead atoms. The molecule has 0 unspecified atom stereocenters. The van der Waals surface area contributed by atoms with E-state index in [0.29, 0.717) is 0 Å². The zero-order valence-electron chi connectivity index (χ0n) is 14.5. The van der Waals surface area contributed by atoms with Gasteiger partial charge in [0.2, 0.25) is 0 Å². The molecule has 23 heavy (non-hydrogen) atoms. The normalized spacial score (nSPS) is 21.3. The van der Waals surface area contributed by atoms with Crippen LogP contribution in [0.25, 0.3) is 11.1 Å². The average Bonchev–Trinajstić information content (AvgIpc) is 2.63. The van der Waals surface area contributed by atoms with Crippen LogP contribution < -0.4 is 0 Å². The third-order valence-corrected chi connectivity index (χ3v) is 5.55. The molecule has 1 fully saturated rings. The van der Waals surface area contributed by atoms with E-state index < -0.39 is 0 Å². The van der Waals surface area contributed by atoms with Crippen molar-refractivity contribution >= 4 is 0 Å². The van der Waals surface area contributed by atoms with Gasteiger partial charge in [0.15, 0.2) is 0 Å². The Morgan fingerprint density at radius 1 is 0.739 bits per heavy atom. The van der Waals surface area contributed by atoms with E-state index in [4.69, 9.17) is 0 Å². The minimum atomic E-state index is 0.794. The summed E-state index contributed by atoms with van der Waals surface area (Å²) in [6, 6.07) is 20.0. The van der Waals surface area contributed by atoms with Gasteiger partial charge in [-0.1, -0.05) is 87.2 Å². The minimum absolute atomic E-state index is 0.794. The van der Waals surface area contributed by atoms with E-state index in [0.717, 1.165) is 11.8 Å². The molecule has 2 aromatic rings. The summed E-state index contributed by atoms with van der Waals surface area (Å²) < 4.78 is 0. The van der Waals surface area contributed by atoms with E-state index in [1.165, 1.54) is 62.5 Å². The Labute approximate surface area is 141 Å². The molecule has 0 amide bonds. The van der Waals surface area contributed by atoms with Crippen LogP contribution in [0.5, 0.6) is 0 Å². The molecular formula is C23H30. The summed E-state index contributed by atoms with van der Waals surface area (Å²) in [7, 11) is 0.